The lowest BCUT2D eigenvalue weighted by atomic mass is 10.2. The summed E-state index contributed by atoms with van der Waals surface area (Å²) in [6, 6.07) is 0. The normalized spacial score (nSPS) is 17.1. The van der Waals surface area contributed by atoms with Crippen LogP contribution in [0, 0.1) is 0 Å². The monoisotopic (exact) mass is 282 g/mol. The average molecular weight is 283 g/mol. The molecular formula is C12H20Cl2O3. The second kappa shape index (κ2) is 9.92. The molecule has 0 amide bonds. The molecule has 0 rings (SSSR count). The van der Waals surface area contributed by atoms with Crippen molar-refractivity contribution in [1.82, 2.24) is 0 Å². The quantitative estimate of drug-likeness (QED) is 0.673. The molecule has 0 heterocycles. The smallest absolute Gasteiger partial charge is 0.0665 e. The van der Waals surface area contributed by atoms with Gasteiger partial charge in [0.15, 0.2) is 0 Å². The van der Waals surface area contributed by atoms with E-state index < -0.39 is 12.2 Å². The number of halogens is 2. The highest BCUT2D eigenvalue weighted by atomic mass is 35.5. The van der Waals surface area contributed by atoms with Crippen molar-refractivity contribution < 1.29 is 14.9 Å². The Morgan fingerprint density at radius 1 is 1.00 bits per heavy atom. The van der Waals surface area contributed by atoms with Gasteiger partial charge >= 0.3 is 0 Å². The SMILES string of the molecule is CC(O)CC(Cl)=CCOCC=C(Cl)CC(C)O. The van der Waals surface area contributed by atoms with Crippen LogP contribution in [0.25, 0.3) is 0 Å². The molecule has 0 aromatic heterocycles. The van der Waals surface area contributed by atoms with E-state index in [0.29, 0.717) is 36.1 Å². The Morgan fingerprint density at radius 2 is 1.35 bits per heavy atom. The van der Waals surface area contributed by atoms with Gasteiger partial charge in [-0.15, -0.1) is 0 Å². The van der Waals surface area contributed by atoms with Crippen LogP contribution in [0.15, 0.2) is 22.2 Å². The van der Waals surface area contributed by atoms with Gasteiger partial charge in [-0.05, 0) is 26.0 Å². The number of hydrogen-bond donors (Lipinski definition) is 2. The Morgan fingerprint density at radius 3 is 1.65 bits per heavy atom. The van der Waals surface area contributed by atoms with Gasteiger partial charge in [0.1, 0.15) is 0 Å². The van der Waals surface area contributed by atoms with E-state index in [9.17, 15) is 0 Å². The van der Waals surface area contributed by atoms with E-state index >= 15 is 0 Å². The van der Waals surface area contributed by atoms with Crippen LogP contribution >= 0.6 is 23.2 Å². The molecule has 0 radical (unpaired) electrons. The molecule has 0 saturated heterocycles. The molecule has 2 unspecified atom stereocenters. The summed E-state index contributed by atoms with van der Waals surface area (Å²) in [5.74, 6) is 0. The topological polar surface area (TPSA) is 49.7 Å². The van der Waals surface area contributed by atoms with Gasteiger partial charge in [0.25, 0.3) is 0 Å². The molecule has 0 aliphatic carbocycles. The number of aliphatic hydroxyl groups excluding tert-OH is 2. The Labute approximate surface area is 113 Å². The second-order valence-corrected chi connectivity index (χ2v) is 4.92. The third-order valence-corrected chi connectivity index (χ3v) is 2.44. The maximum atomic E-state index is 9.07. The number of ether oxygens (including phenoxy) is 1. The first-order valence-corrected chi connectivity index (χ1v) is 6.30. The van der Waals surface area contributed by atoms with Gasteiger partial charge in [-0.25, -0.2) is 0 Å². The fourth-order valence-electron chi connectivity index (χ4n) is 1.10. The highest BCUT2D eigenvalue weighted by Gasteiger charge is 1.99. The molecule has 0 spiro atoms. The standard InChI is InChI=1S/C12H20Cl2O3/c1-9(15)7-11(13)3-5-17-6-4-12(14)8-10(2)16/h3-4,9-10,15-16H,5-8H2,1-2H3. The highest BCUT2D eigenvalue weighted by Crippen LogP contribution is 2.11. The number of aliphatic hydroxyl groups is 2. The van der Waals surface area contributed by atoms with Crippen molar-refractivity contribution >= 4 is 23.2 Å². The van der Waals surface area contributed by atoms with Gasteiger partial charge in [0.2, 0.25) is 0 Å². The average Bonchev–Trinajstić information content (AvgIpc) is 2.14. The van der Waals surface area contributed by atoms with Crippen molar-refractivity contribution in [2.75, 3.05) is 13.2 Å². The molecule has 0 aliphatic heterocycles. The maximum Gasteiger partial charge on any atom is 0.0665 e. The molecule has 17 heavy (non-hydrogen) atoms. The van der Waals surface area contributed by atoms with Crippen LogP contribution in [0.3, 0.4) is 0 Å². The van der Waals surface area contributed by atoms with Crippen molar-refractivity contribution in [2.45, 2.75) is 38.9 Å². The first kappa shape index (κ1) is 16.9. The summed E-state index contributed by atoms with van der Waals surface area (Å²) < 4.78 is 5.25. The summed E-state index contributed by atoms with van der Waals surface area (Å²) in [5.41, 5.74) is 0. The maximum absolute atomic E-state index is 9.07. The van der Waals surface area contributed by atoms with Gasteiger partial charge in [-0.3, -0.25) is 0 Å². The largest absolute Gasteiger partial charge is 0.393 e. The molecular weight excluding hydrogens is 263 g/mol. The van der Waals surface area contributed by atoms with Crippen LogP contribution in [0.1, 0.15) is 26.7 Å². The lowest BCUT2D eigenvalue weighted by Gasteiger charge is -2.03. The minimum absolute atomic E-state index is 0.376. The molecule has 0 aromatic carbocycles. The van der Waals surface area contributed by atoms with E-state index in [1.165, 1.54) is 0 Å². The molecule has 2 N–H and O–H groups in total. The van der Waals surface area contributed by atoms with E-state index in [-0.39, 0.29) is 0 Å². The summed E-state index contributed by atoms with van der Waals surface area (Å²) in [5, 5.41) is 19.3. The lowest BCUT2D eigenvalue weighted by molar-refractivity contribution is 0.186. The molecule has 5 heteroatoms. The Balaban J connectivity index is 3.70. The van der Waals surface area contributed by atoms with Gasteiger partial charge < -0.3 is 14.9 Å². The van der Waals surface area contributed by atoms with E-state index in [0.717, 1.165) is 0 Å². The summed E-state index contributed by atoms with van der Waals surface area (Å²) in [6.07, 6.45) is 3.40. The van der Waals surface area contributed by atoms with Gasteiger partial charge in [-0.2, -0.15) is 0 Å². The van der Waals surface area contributed by atoms with Crippen molar-refractivity contribution in [3.05, 3.63) is 22.2 Å². The van der Waals surface area contributed by atoms with Crippen LogP contribution < -0.4 is 0 Å². The summed E-state index contributed by atoms with van der Waals surface area (Å²) >= 11 is 11.7. The molecule has 100 valence electrons. The Bertz CT molecular complexity index is 234. The Kier molecular flexibility index (Phi) is 9.88. The first-order valence-electron chi connectivity index (χ1n) is 5.54. The number of rotatable bonds is 8. The van der Waals surface area contributed by atoms with Crippen molar-refractivity contribution in [3.8, 4) is 0 Å². The Hall–Kier alpha value is -0.0600. The molecule has 0 bridgehead atoms. The lowest BCUT2D eigenvalue weighted by Crippen LogP contribution is -2.01. The molecule has 0 aliphatic rings. The van der Waals surface area contributed by atoms with Crippen LogP contribution in [-0.2, 0) is 4.74 Å². The third kappa shape index (κ3) is 12.2. The van der Waals surface area contributed by atoms with Crippen molar-refractivity contribution in [3.63, 3.8) is 0 Å². The fraction of sp³-hybridized carbons (Fsp3) is 0.667. The van der Waals surface area contributed by atoms with Gasteiger partial charge in [0.05, 0.1) is 25.4 Å². The highest BCUT2D eigenvalue weighted by molar-refractivity contribution is 6.29. The zero-order valence-electron chi connectivity index (χ0n) is 10.2. The third-order valence-electron chi connectivity index (χ3n) is 1.83. The fourth-order valence-corrected chi connectivity index (χ4v) is 1.67. The minimum Gasteiger partial charge on any atom is -0.393 e. The molecule has 2 atom stereocenters. The van der Waals surface area contributed by atoms with Gasteiger partial charge in [-0.1, -0.05) is 23.2 Å². The van der Waals surface area contributed by atoms with E-state index in [1.54, 1.807) is 26.0 Å². The molecule has 0 aromatic rings. The zero-order valence-corrected chi connectivity index (χ0v) is 11.7. The number of hydrogen-bond acceptors (Lipinski definition) is 3. The van der Waals surface area contributed by atoms with E-state index in [2.05, 4.69) is 0 Å². The van der Waals surface area contributed by atoms with E-state index in [1.807, 2.05) is 0 Å². The summed E-state index contributed by atoms with van der Waals surface area (Å²) in [6.45, 7) is 4.10. The van der Waals surface area contributed by atoms with Crippen LogP contribution in [0.2, 0.25) is 0 Å². The van der Waals surface area contributed by atoms with Gasteiger partial charge in [0, 0.05) is 22.9 Å². The van der Waals surface area contributed by atoms with E-state index in [4.69, 9.17) is 38.2 Å². The first-order chi connectivity index (χ1) is 7.91. The zero-order chi connectivity index (χ0) is 13.3. The molecule has 0 fully saturated rings. The predicted octanol–water partition coefficient (Wildman–Crippen LogP) is 2.79. The summed E-state index contributed by atoms with van der Waals surface area (Å²) in [4.78, 5) is 0. The predicted molar refractivity (Wildman–Crippen MR) is 71.3 cm³/mol. The van der Waals surface area contributed by atoms with Crippen molar-refractivity contribution in [1.29, 1.82) is 0 Å². The van der Waals surface area contributed by atoms with Crippen LogP contribution in [0.5, 0.6) is 0 Å². The van der Waals surface area contributed by atoms with Crippen LogP contribution in [-0.4, -0.2) is 35.6 Å². The van der Waals surface area contributed by atoms with Crippen molar-refractivity contribution in [2.24, 2.45) is 0 Å². The van der Waals surface area contributed by atoms with Crippen LogP contribution in [0.4, 0.5) is 0 Å². The molecule has 0 saturated carbocycles. The summed E-state index contributed by atoms with van der Waals surface area (Å²) in [7, 11) is 0. The minimum atomic E-state index is -0.445. The second-order valence-electron chi connectivity index (χ2n) is 3.95. The molecule has 3 nitrogen and oxygen atoms in total.